The van der Waals surface area contributed by atoms with E-state index in [0.29, 0.717) is 0 Å². The number of morpholine rings is 2. The molecule has 0 unspecified atom stereocenters. The molecule has 0 saturated carbocycles. The monoisotopic (exact) mass is 524 g/mol. The van der Waals surface area contributed by atoms with E-state index in [9.17, 15) is 0 Å². The van der Waals surface area contributed by atoms with Crippen LogP contribution < -0.4 is 9.47 Å². The molecule has 0 radical (unpaired) electrons. The fourth-order valence-electron chi connectivity index (χ4n) is 5.26. The third kappa shape index (κ3) is 10.6. The smallest absolute Gasteiger partial charge is 0.122 e. The Kier molecular flexibility index (Phi) is 13.3. The molecule has 2 saturated heterocycles. The summed E-state index contributed by atoms with van der Waals surface area (Å²) in [5.41, 5.74) is 2.66. The van der Waals surface area contributed by atoms with Crippen LogP contribution in [0.5, 0.6) is 11.5 Å². The summed E-state index contributed by atoms with van der Waals surface area (Å²) in [5, 5.41) is 0. The molecule has 38 heavy (non-hydrogen) atoms. The second-order valence-electron chi connectivity index (χ2n) is 10.4. The Labute approximate surface area is 230 Å². The van der Waals surface area contributed by atoms with Crippen LogP contribution in [0.2, 0.25) is 0 Å². The Bertz CT molecular complexity index is 823. The molecule has 0 amide bonds. The van der Waals surface area contributed by atoms with Crippen molar-refractivity contribution in [1.29, 1.82) is 0 Å². The van der Waals surface area contributed by atoms with Crippen molar-refractivity contribution in [3.05, 3.63) is 59.7 Å². The molecular formula is C32H48N2O4. The maximum atomic E-state index is 6.18. The quantitative estimate of drug-likeness (QED) is 0.264. The van der Waals surface area contributed by atoms with Crippen LogP contribution in [0.25, 0.3) is 0 Å². The lowest BCUT2D eigenvalue weighted by Crippen LogP contribution is -2.36. The number of rotatable bonds is 17. The zero-order valence-corrected chi connectivity index (χ0v) is 23.3. The van der Waals surface area contributed by atoms with Gasteiger partial charge in [-0.3, -0.25) is 9.80 Å². The number of ether oxygens (including phenoxy) is 4. The highest BCUT2D eigenvalue weighted by Gasteiger charge is 2.12. The number of benzene rings is 2. The van der Waals surface area contributed by atoms with E-state index in [1.165, 1.54) is 24.0 Å². The maximum Gasteiger partial charge on any atom is 0.122 e. The summed E-state index contributed by atoms with van der Waals surface area (Å²) in [7, 11) is 0. The molecule has 6 heteroatoms. The Morgan fingerprint density at radius 3 is 1.39 bits per heavy atom. The molecule has 0 spiro atoms. The molecule has 2 fully saturated rings. The van der Waals surface area contributed by atoms with Gasteiger partial charge in [-0.25, -0.2) is 0 Å². The summed E-state index contributed by atoms with van der Waals surface area (Å²) in [6.07, 6.45) is 8.97. The first-order chi connectivity index (χ1) is 18.9. The average Bonchev–Trinajstić information content (AvgIpc) is 2.97. The Morgan fingerprint density at radius 2 is 0.947 bits per heavy atom. The van der Waals surface area contributed by atoms with Crippen molar-refractivity contribution in [3.8, 4) is 11.5 Å². The van der Waals surface area contributed by atoms with Gasteiger partial charge in [0.05, 0.1) is 39.6 Å². The van der Waals surface area contributed by atoms with Crippen molar-refractivity contribution >= 4 is 0 Å². The van der Waals surface area contributed by atoms with Crippen molar-refractivity contribution in [2.75, 3.05) is 78.9 Å². The lowest BCUT2D eigenvalue weighted by molar-refractivity contribution is 0.0374. The summed E-state index contributed by atoms with van der Waals surface area (Å²) in [5.74, 6) is 2.12. The zero-order valence-electron chi connectivity index (χ0n) is 23.3. The predicted molar refractivity (Wildman–Crippen MR) is 154 cm³/mol. The maximum absolute atomic E-state index is 6.18. The van der Waals surface area contributed by atoms with Crippen molar-refractivity contribution in [2.45, 2.75) is 51.4 Å². The van der Waals surface area contributed by atoms with Gasteiger partial charge in [-0.1, -0.05) is 36.4 Å². The number of unbranched alkanes of at least 4 members (excludes halogenated alkanes) is 3. The molecule has 2 aromatic carbocycles. The van der Waals surface area contributed by atoms with Crippen LogP contribution in [0.15, 0.2) is 48.5 Å². The number of aryl methyl sites for hydroxylation is 2. The highest BCUT2D eigenvalue weighted by molar-refractivity contribution is 5.34. The second-order valence-corrected chi connectivity index (χ2v) is 10.4. The summed E-state index contributed by atoms with van der Waals surface area (Å²) < 4.78 is 23.3. The molecule has 0 aromatic heterocycles. The number of hydrogen-bond donors (Lipinski definition) is 0. The minimum Gasteiger partial charge on any atom is -0.493 e. The number of nitrogens with zero attached hydrogens (tertiary/aromatic N) is 2. The van der Waals surface area contributed by atoms with Crippen molar-refractivity contribution in [2.24, 2.45) is 0 Å². The molecule has 2 heterocycles. The van der Waals surface area contributed by atoms with Crippen LogP contribution in [-0.2, 0) is 22.3 Å². The molecule has 0 N–H and O–H groups in total. The van der Waals surface area contributed by atoms with Crippen LogP contribution >= 0.6 is 0 Å². The molecular weight excluding hydrogens is 476 g/mol. The minimum absolute atomic E-state index is 0.785. The van der Waals surface area contributed by atoms with E-state index in [4.69, 9.17) is 18.9 Å². The van der Waals surface area contributed by atoms with Gasteiger partial charge < -0.3 is 18.9 Å². The Morgan fingerprint density at radius 1 is 0.526 bits per heavy atom. The summed E-state index contributed by atoms with van der Waals surface area (Å²) in [4.78, 5) is 5.00. The standard InChI is InChI=1S/C32H48N2O4/c1(7-23-37-31-15-5-3-11-29(31)13-9-17-33-19-25-35-26-20-33)2-8-24-38-32-16-6-4-12-30(32)14-10-18-34-21-27-36-28-22-34/h3-6,11-12,15-16H,1-2,7-10,13-14,17-28H2. The third-order valence-electron chi connectivity index (χ3n) is 7.55. The van der Waals surface area contributed by atoms with E-state index >= 15 is 0 Å². The first-order valence-corrected chi connectivity index (χ1v) is 14.9. The van der Waals surface area contributed by atoms with Crippen LogP contribution in [0.3, 0.4) is 0 Å². The lowest BCUT2D eigenvalue weighted by Gasteiger charge is -2.26. The number of para-hydroxylation sites is 2. The van der Waals surface area contributed by atoms with E-state index in [1.807, 2.05) is 0 Å². The molecule has 0 bridgehead atoms. The fourth-order valence-corrected chi connectivity index (χ4v) is 5.26. The normalized spacial score (nSPS) is 16.9. The average molecular weight is 525 g/mol. The van der Waals surface area contributed by atoms with Gasteiger partial charge in [0.2, 0.25) is 0 Å². The molecule has 0 aliphatic carbocycles. The van der Waals surface area contributed by atoms with Gasteiger partial charge in [0.25, 0.3) is 0 Å². The van der Waals surface area contributed by atoms with Gasteiger partial charge in [0.15, 0.2) is 0 Å². The Hall–Kier alpha value is -2.12. The summed E-state index contributed by atoms with van der Waals surface area (Å²) in [6, 6.07) is 17.1. The van der Waals surface area contributed by atoms with Gasteiger partial charge in [-0.15, -0.1) is 0 Å². The predicted octanol–water partition coefficient (Wildman–Crippen LogP) is 5.23. The zero-order chi connectivity index (χ0) is 26.1. The molecule has 6 nitrogen and oxygen atoms in total. The van der Waals surface area contributed by atoms with E-state index in [-0.39, 0.29) is 0 Å². The largest absolute Gasteiger partial charge is 0.493 e. The van der Waals surface area contributed by atoms with E-state index in [0.717, 1.165) is 129 Å². The SMILES string of the molecule is c1ccc(OCCCCCCOc2ccccc2CCCN2CCOCC2)c(CCCN2CCOCC2)c1. The van der Waals surface area contributed by atoms with Gasteiger partial charge in [-0.05, 0) is 87.7 Å². The van der Waals surface area contributed by atoms with Crippen LogP contribution in [0.1, 0.15) is 49.7 Å². The van der Waals surface area contributed by atoms with Gasteiger partial charge in [0, 0.05) is 26.2 Å². The van der Waals surface area contributed by atoms with E-state index in [1.54, 1.807) is 0 Å². The highest BCUT2D eigenvalue weighted by atomic mass is 16.5. The van der Waals surface area contributed by atoms with E-state index in [2.05, 4.69) is 58.3 Å². The third-order valence-corrected chi connectivity index (χ3v) is 7.55. The van der Waals surface area contributed by atoms with Crippen LogP contribution in [0.4, 0.5) is 0 Å². The van der Waals surface area contributed by atoms with Crippen molar-refractivity contribution in [3.63, 3.8) is 0 Å². The molecule has 2 aromatic rings. The van der Waals surface area contributed by atoms with Gasteiger partial charge in [-0.2, -0.15) is 0 Å². The number of hydrogen-bond acceptors (Lipinski definition) is 6. The molecule has 2 aliphatic rings. The summed E-state index contributed by atoms with van der Waals surface area (Å²) in [6.45, 7) is 11.6. The van der Waals surface area contributed by atoms with Gasteiger partial charge in [0.1, 0.15) is 11.5 Å². The first kappa shape index (κ1) is 28.9. The van der Waals surface area contributed by atoms with E-state index < -0.39 is 0 Å². The molecule has 210 valence electrons. The summed E-state index contributed by atoms with van der Waals surface area (Å²) >= 11 is 0. The molecule has 0 atom stereocenters. The second kappa shape index (κ2) is 17.5. The van der Waals surface area contributed by atoms with Crippen molar-refractivity contribution < 1.29 is 18.9 Å². The van der Waals surface area contributed by atoms with Crippen molar-refractivity contribution in [1.82, 2.24) is 9.80 Å². The molecule has 2 aliphatic heterocycles. The van der Waals surface area contributed by atoms with Crippen LogP contribution in [0, 0.1) is 0 Å². The molecule has 4 rings (SSSR count). The minimum atomic E-state index is 0.785. The highest BCUT2D eigenvalue weighted by Crippen LogP contribution is 2.22. The van der Waals surface area contributed by atoms with Crippen LogP contribution in [-0.4, -0.2) is 88.7 Å². The van der Waals surface area contributed by atoms with Gasteiger partial charge >= 0.3 is 0 Å². The topological polar surface area (TPSA) is 43.4 Å². The lowest BCUT2D eigenvalue weighted by atomic mass is 10.1. The fraction of sp³-hybridized carbons (Fsp3) is 0.625. The first-order valence-electron chi connectivity index (χ1n) is 14.9. The Balaban J connectivity index is 1.05.